The summed E-state index contributed by atoms with van der Waals surface area (Å²) in [6, 6.07) is -0.467. The topological polar surface area (TPSA) is 98.6 Å². The molecule has 0 aliphatic heterocycles. The van der Waals surface area contributed by atoms with Gasteiger partial charge in [-0.15, -0.1) is 0 Å². The van der Waals surface area contributed by atoms with Crippen molar-refractivity contribution in [2.45, 2.75) is 12.5 Å². The van der Waals surface area contributed by atoms with E-state index in [2.05, 4.69) is 0 Å². The van der Waals surface area contributed by atoms with Crippen LogP contribution in [0.1, 0.15) is 6.42 Å². The van der Waals surface area contributed by atoms with Gasteiger partial charge in [0.2, 0.25) is 0 Å². The number of carbonyl (C=O) groups is 1. The van der Waals surface area contributed by atoms with Gasteiger partial charge in [-0.1, -0.05) is 0 Å². The summed E-state index contributed by atoms with van der Waals surface area (Å²) in [5.74, 6) is -0.540. The van der Waals surface area contributed by atoms with Crippen LogP contribution in [-0.2, 0) is 9.53 Å². The molecule has 0 aromatic carbocycles. The normalized spacial score (nSPS) is 22.6. The van der Waals surface area contributed by atoms with Crippen LogP contribution in [0.5, 0.6) is 0 Å². The van der Waals surface area contributed by atoms with Crippen molar-refractivity contribution < 1.29 is 14.6 Å². The molecule has 5 N–H and O–H groups in total. The Bertz CT molecular complexity index is 294. The van der Waals surface area contributed by atoms with Gasteiger partial charge in [-0.05, 0) is 6.08 Å². The van der Waals surface area contributed by atoms with Crippen molar-refractivity contribution in [1.29, 1.82) is 0 Å². The molecule has 0 heterocycles. The molecule has 1 rings (SSSR count). The highest BCUT2D eigenvalue weighted by Crippen LogP contribution is 2.20. The lowest BCUT2D eigenvalue weighted by Gasteiger charge is -2.20. The van der Waals surface area contributed by atoms with E-state index in [-0.39, 0.29) is 11.3 Å². The van der Waals surface area contributed by atoms with Crippen molar-refractivity contribution in [1.82, 2.24) is 0 Å². The van der Waals surface area contributed by atoms with E-state index in [0.29, 0.717) is 12.2 Å². The van der Waals surface area contributed by atoms with Gasteiger partial charge >= 0.3 is 5.97 Å². The third-order valence-electron chi connectivity index (χ3n) is 1.93. The second-order valence-electron chi connectivity index (χ2n) is 2.80. The van der Waals surface area contributed by atoms with Gasteiger partial charge in [0.15, 0.2) is 0 Å². The van der Waals surface area contributed by atoms with Crippen molar-refractivity contribution in [3.63, 3.8) is 0 Å². The van der Waals surface area contributed by atoms with Crippen LogP contribution in [-0.4, -0.2) is 24.2 Å². The minimum atomic E-state index is -1.08. The van der Waals surface area contributed by atoms with Crippen LogP contribution in [0.2, 0.25) is 0 Å². The smallest absolute Gasteiger partial charge is 0.337 e. The minimum absolute atomic E-state index is 0.0237. The van der Waals surface area contributed by atoms with Gasteiger partial charge in [0.25, 0.3) is 0 Å². The predicted octanol–water partition coefficient (Wildman–Crippen LogP) is -0.455. The first-order valence-corrected chi connectivity index (χ1v) is 3.79. The van der Waals surface area contributed by atoms with Crippen LogP contribution in [0.3, 0.4) is 0 Å². The summed E-state index contributed by atoms with van der Waals surface area (Å²) in [6.07, 6.45) is 1.85. The standard InChI is InChI=1S/C8H12N2O3/c1-13-4-2-5(8(11)12)7(10)6(9)3-4/h2,6H,3,9-10H2,1H3,(H,11,12). The molecular weight excluding hydrogens is 172 g/mol. The number of hydrogen-bond donors (Lipinski definition) is 3. The number of methoxy groups -OCH3 is 1. The van der Waals surface area contributed by atoms with Crippen molar-refractivity contribution in [3.8, 4) is 0 Å². The molecule has 1 unspecified atom stereocenters. The molecule has 1 atom stereocenters. The Morgan fingerprint density at radius 1 is 1.77 bits per heavy atom. The van der Waals surface area contributed by atoms with Crippen LogP contribution in [0.4, 0.5) is 0 Å². The number of aliphatic carboxylic acids is 1. The lowest BCUT2D eigenvalue weighted by Crippen LogP contribution is -2.33. The second-order valence-corrected chi connectivity index (χ2v) is 2.80. The van der Waals surface area contributed by atoms with Gasteiger partial charge < -0.3 is 21.3 Å². The summed E-state index contributed by atoms with van der Waals surface area (Å²) < 4.78 is 4.92. The van der Waals surface area contributed by atoms with Gasteiger partial charge in [0.1, 0.15) is 0 Å². The molecule has 0 amide bonds. The van der Waals surface area contributed by atoms with Gasteiger partial charge in [0, 0.05) is 12.1 Å². The first-order valence-electron chi connectivity index (χ1n) is 3.79. The van der Waals surface area contributed by atoms with Crippen LogP contribution in [0.15, 0.2) is 23.1 Å². The summed E-state index contributed by atoms with van der Waals surface area (Å²) in [7, 11) is 1.47. The second kappa shape index (κ2) is 3.49. The molecule has 0 fully saturated rings. The summed E-state index contributed by atoms with van der Waals surface area (Å²) in [5, 5.41) is 8.75. The monoisotopic (exact) mass is 184 g/mol. The third-order valence-corrected chi connectivity index (χ3v) is 1.93. The highest BCUT2D eigenvalue weighted by Gasteiger charge is 2.22. The van der Waals surface area contributed by atoms with Crippen LogP contribution in [0, 0.1) is 0 Å². The number of ether oxygens (including phenoxy) is 1. The fraction of sp³-hybridized carbons (Fsp3) is 0.375. The van der Waals surface area contributed by atoms with Crippen LogP contribution in [0.25, 0.3) is 0 Å². The highest BCUT2D eigenvalue weighted by atomic mass is 16.5. The quantitative estimate of drug-likeness (QED) is 0.539. The Labute approximate surface area is 75.7 Å². The molecule has 0 bridgehead atoms. The van der Waals surface area contributed by atoms with E-state index in [0.717, 1.165) is 0 Å². The zero-order valence-electron chi connectivity index (χ0n) is 7.28. The van der Waals surface area contributed by atoms with E-state index in [1.165, 1.54) is 13.2 Å². The molecule has 1 aliphatic rings. The molecule has 5 nitrogen and oxygen atoms in total. The molecule has 0 saturated carbocycles. The zero-order valence-corrected chi connectivity index (χ0v) is 7.28. The molecule has 5 heteroatoms. The van der Waals surface area contributed by atoms with Gasteiger partial charge in [-0.3, -0.25) is 0 Å². The fourth-order valence-corrected chi connectivity index (χ4v) is 1.16. The number of nitrogens with two attached hydrogens (primary N) is 2. The summed E-state index contributed by atoms with van der Waals surface area (Å²) in [5.41, 5.74) is 11.3. The summed E-state index contributed by atoms with van der Waals surface area (Å²) in [4.78, 5) is 10.7. The fourth-order valence-electron chi connectivity index (χ4n) is 1.16. The van der Waals surface area contributed by atoms with Crippen molar-refractivity contribution in [2.75, 3.05) is 7.11 Å². The molecule has 0 aromatic heterocycles. The molecule has 72 valence electrons. The van der Waals surface area contributed by atoms with E-state index in [1.807, 2.05) is 0 Å². The molecular formula is C8H12N2O3. The predicted molar refractivity (Wildman–Crippen MR) is 46.5 cm³/mol. The maximum atomic E-state index is 10.7. The van der Waals surface area contributed by atoms with E-state index in [9.17, 15) is 4.79 Å². The van der Waals surface area contributed by atoms with Gasteiger partial charge in [-0.2, -0.15) is 0 Å². The van der Waals surface area contributed by atoms with Crippen LogP contribution >= 0.6 is 0 Å². The Morgan fingerprint density at radius 2 is 2.38 bits per heavy atom. The number of carboxylic acid groups (broad SMARTS) is 1. The Kier molecular flexibility index (Phi) is 2.57. The molecule has 0 spiro atoms. The molecule has 13 heavy (non-hydrogen) atoms. The molecule has 0 radical (unpaired) electrons. The maximum Gasteiger partial charge on any atom is 0.337 e. The highest BCUT2D eigenvalue weighted by molar-refractivity contribution is 5.91. The van der Waals surface area contributed by atoms with Gasteiger partial charge in [0.05, 0.1) is 24.5 Å². The average molecular weight is 184 g/mol. The lowest BCUT2D eigenvalue weighted by atomic mass is 9.98. The molecule has 1 aliphatic carbocycles. The van der Waals surface area contributed by atoms with Crippen LogP contribution < -0.4 is 11.5 Å². The Hall–Kier alpha value is -1.49. The van der Waals surface area contributed by atoms with E-state index in [1.54, 1.807) is 0 Å². The minimum Gasteiger partial charge on any atom is -0.501 e. The zero-order chi connectivity index (χ0) is 10.0. The SMILES string of the molecule is COC1=CC(C(=O)O)=C(N)C(N)C1. The number of hydrogen-bond acceptors (Lipinski definition) is 4. The first kappa shape index (κ1) is 9.60. The Balaban J connectivity index is 3.05. The molecule has 0 saturated heterocycles. The van der Waals surface area contributed by atoms with E-state index >= 15 is 0 Å². The lowest BCUT2D eigenvalue weighted by molar-refractivity contribution is -0.132. The third kappa shape index (κ3) is 1.81. The first-order chi connectivity index (χ1) is 6.06. The largest absolute Gasteiger partial charge is 0.501 e. The summed E-state index contributed by atoms with van der Waals surface area (Å²) >= 11 is 0. The molecule has 0 aromatic rings. The average Bonchev–Trinajstić information content (AvgIpc) is 2.09. The van der Waals surface area contributed by atoms with Crippen molar-refractivity contribution in [2.24, 2.45) is 11.5 Å². The number of rotatable bonds is 2. The van der Waals surface area contributed by atoms with Crippen molar-refractivity contribution in [3.05, 3.63) is 23.1 Å². The van der Waals surface area contributed by atoms with Crippen molar-refractivity contribution >= 4 is 5.97 Å². The van der Waals surface area contributed by atoms with E-state index in [4.69, 9.17) is 21.3 Å². The van der Waals surface area contributed by atoms with E-state index < -0.39 is 12.0 Å². The van der Waals surface area contributed by atoms with Gasteiger partial charge in [-0.25, -0.2) is 4.79 Å². The summed E-state index contributed by atoms with van der Waals surface area (Å²) in [6.45, 7) is 0. The maximum absolute atomic E-state index is 10.7. The number of carboxylic acids is 1. The Morgan fingerprint density at radius 3 is 2.85 bits per heavy atom.